The number of rotatable bonds is 3. The smallest absolute Gasteiger partial charge is 0.165 e. The Labute approximate surface area is 101 Å². The lowest BCUT2D eigenvalue weighted by molar-refractivity contribution is 1.06. The van der Waals surface area contributed by atoms with Gasteiger partial charge in [-0.15, -0.1) is 0 Å². The molecule has 0 aliphatic heterocycles. The number of nitrogens with zero attached hydrogens (tertiary/aromatic N) is 2. The molecule has 15 heavy (non-hydrogen) atoms. The Morgan fingerprint density at radius 2 is 2.20 bits per heavy atom. The lowest BCUT2D eigenvalue weighted by atomic mass is 10.3. The second-order valence-electron chi connectivity index (χ2n) is 2.77. The van der Waals surface area contributed by atoms with Crippen molar-refractivity contribution in [3.05, 3.63) is 40.4 Å². The number of pyridine rings is 1. The minimum atomic E-state index is 0.409. The largest absolute Gasteiger partial charge is 0.340 e. The molecule has 0 amide bonds. The highest BCUT2D eigenvalue weighted by molar-refractivity contribution is 7.98. The van der Waals surface area contributed by atoms with Gasteiger partial charge >= 0.3 is 0 Å². The van der Waals surface area contributed by atoms with Crippen molar-refractivity contribution in [1.29, 1.82) is 0 Å². The third kappa shape index (κ3) is 2.87. The molecule has 0 saturated carbocycles. The van der Waals surface area contributed by atoms with Crippen molar-refractivity contribution < 1.29 is 0 Å². The SMILES string of the molecule is Clc1ccc(CSc2ncc[nH]2)c(Cl)n1. The number of hydrogen-bond donors (Lipinski definition) is 1. The van der Waals surface area contributed by atoms with E-state index in [0.29, 0.717) is 10.3 Å². The number of aromatic nitrogens is 3. The summed E-state index contributed by atoms with van der Waals surface area (Å²) in [5, 5.41) is 1.72. The van der Waals surface area contributed by atoms with Gasteiger partial charge in [-0.3, -0.25) is 0 Å². The molecule has 0 atom stereocenters. The number of imidazole rings is 1. The number of thioether (sulfide) groups is 1. The van der Waals surface area contributed by atoms with E-state index in [9.17, 15) is 0 Å². The maximum Gasteiger partial charge on any atom is 0.165 e. The van der Waals surface area contributed by atoms with Crippen molar-refractivity contribution in [3.8, 4) is 0 Å². The lowest BCUT2D eigenvalue weighted by Crippen LogP contribution is -1.87. The average Bonchev–Trinajstić information content (AvgIpc) is 2.69. The van der Waals surface area contributed by atoms with Crippen LogP contribution in [-0.2, 0) is 5.75 Å². The number of halogens is 2. The Hall–Kier alpha value is -0.710. The first kappa shape index (κ1) is 10.8. The van der Waals surface area contributed by atoms with Crippen molar-refractivity contribution in [2.24, 2.45) is 0 Å². The minimum Gasteiger partial charge on any atom is -0.340 e. The topological polar surface area (TPSA) is 41.6 Å². The summed E-state index contributed by atoms with van der Waals surface area (Å²) >= 11 is 13.2. The molecule has 6 heteroatoms. The van der Waals surface area contributed by atoms with Crippen molar-refractivity contribution in [1.82, 2.24) is 15.0 Å². The fraction of sp³-hybridized carbons (Fsp3) is 0.111. The number of hydrogen-bond acceptors (Lipinski definition) is 3. The van der Waals surface area contributed by atoms with Crippen LogP contribution in [-0.4, -0.2) is 15.0 Å². The highest BCUT2D eigenvalue weighted by Gasteiger charge is 2.04. The molecule has 0 saturated heterocycles. The Kier molecular flexibility index (Phi) is 3.51. The average molecular weight is 260 g/mol. The fourth-order valence-corrected chi connectivity index (χ4v) is 2.33. The van der Waals surface area contributed by atoms with Crippen LogP contribution in [0.1, 0.15) is 5.56 Å². The Morgan fingerprint density at radius 1 is 1.33 bits per heavy atom. The van der Waals surface area contributed by atoms with Gasteiger partial charge in [-0.1, -0.05) is 41.0 Å². The normalized spacial score (nSPS) is 10.5. The van der Waals surface area contributed by atoms with E-state index in [-0.39, 0.29) is 0 Å². The zero-order valence-corrected chi connectivity index (χ0v) is 9.90. The molecule has 0 spiro atoms. The third-order valence-electron chi connectivity index (χ3n) is 1.73. The molecule has 2 aromatic heterocycles. The summed E-state index contributed by atoms with van der Waals surface area (Å²) in [6.45, 7) is 0. The molecule has 0 radical (unpaired) electrons. The second-order valence-corrected chi connectivity index (χ2v) is 4.48. The summed E-state index contributed by atoms with van der Waals surface area (Å²) in [5.74, 6) is 0.719. The summed E-state index contributed by atoms with van der Waals surface area (Å²) in [7, 11) is 0. The molecule has 0 aromatic carbocycles. The number of aromatic amines is 1. The molecular weight excluding hydrogens is 253 g/mol. The monoisotopic (exact) mass is 259 g/mol. The zero-order chi connectivity index (χ0) is 10.7. The van der Waals surface area contributed by atoms with Gasteiger partial charge in [0.1, 0.15) is 10.3 Å². The van der Waals surface area contributed by atoms with Gasteiger partial charge in [0.25, 0.3) is 0 Å². The van der Waals surface area contributed by atoms with Gasteiger partial charge in [0, 0.05) is 18.1 Å². The van der Waals surface area contributed by atoms with Crippen molar-refractivity contribution in [2.45, 2.75) is 10.9 Å². The van der Waals surface area contributed by atoms with Gasteiger partial charge in [-0.05, 0) is 11.6 Å². The van der Waals surface area contributed by atoms with Gasteiger partial charge in [-0.25, -0.2) is 9.97 Å². The van der Waals surface area contributed by atoms with Crippen LogP contribution in [0.25, 0.3) is 0 Å². The van der Waals surface area contributed by atoms with Crippen LogP contribution in [0.5, 0.6) is 0 Å². The molecule has 0 unspecified atom stereocenters. The molecule has 0 aliphatic carbocycles. The van der Waals surface area contributed by atoms with Gasteiger partial charge in [0.15, 0.2) is 5.16 Å². The summed E-state index contributed by atoms with van der Waals surface area (Å²) in [5.41, 5.74) is 0.947. The third-order valence-corrected chi connectivity index (χ3v) is 3.22. The molecule has 0 bridgehead atoms. The summed E-state index contributed by atoms with van der Waals surface area (Å²) in [6.07, 6.45) is 3.49. The van der Waals surface area contributed by atoms with Gasteiger partial charge in [0.2, 0.25) is 0 Å². The minimum absolute atomic E-state index is 0.409. The molecule has 78 valence electrons. The molecule has 2 aromatic rings. The molecule has 3 nitrogen and oxygen atoms in total. The van der Waals surface area contributed by atoms with Gasteiger partial charge in [-0.2, -0.15) is 0 Å². The van der Waals surface area contributed by atoms with Crippen LogP contribution in [0.2, 0.25) is 10.3 Å². The van der Waals surface area contributed by atoms with E-state index in [2.05, 4.69) is 15.0 Å². The first-order chi connectivity index (χ1) is 7.25. The predicted octanol–water partition coefficient (Wildman–Crippen LogP) is 3.40. The molecule has 0 aliphatic rings. The van der Waals surface area contributed by atoms with Crippen molar-refractivity contribution >= 4 is 35.0 Å². The Bertz CT molecular complexity index is 445. The quantitative estimate of drug-likeness (QED) is 0.679. The Balaban J connectivity index is 2.05. The highest BCUT2D eigenvalue weighted by atomic mass is 35.5. The molecule has 0 fully saturated rings. The second kappa shape index (κ2) is 4.88. The van der Waals surface area contributed by atoms with Crippen LogP contribution in [0.3, 0.4) is 0 Å². The fourth-order valence-electron chi connectivity index (χ4n) is 1.02. The van der Waals surface area contributed by atoms with E-state index < -0.39 is 0 Å². The van der Waals surface area contributed by atoms with E-state index in [1.54, 1.807) is 30.2 Å². The maximum atomic E-state index is 5.93. The van der Waals surface area contributed by atoms with Crippen LogP contribution in [0.15, 0.2) is 29.7 Å². The van der Waals surface area contributed by atoms with E-state index in [1.165, 1.54) is 0 Å². The molecule has 2 heterocycles. The highest BCUT2D eigenvalue weighted by Crippen LogP contribution is 2.24. The van der Waals surface area contributed by atoms with Crippen LogP contribution < -0.4 is 0 Å². The summed E-state index contributed by atoms with van der Waals surface area (Å²) < 4.78 is 0. The number of H-pyrrole nitrogens is 1. The van der Waals surface area contributed by atoms with Crippen molar-refractivity contribution in [2.75, 3.05) is 0 Å². The molecule has 2 rings (SSSR count). The Morgan fingerprint density at radius 3 is 2.87 bits per heavy atom. The number of nitrogens with one attached hydrogen (secondary N) is 1. The lowest BCUT2D eigenvalue weighted by Gasteiger charge is -2.01. The van der Waals surface area contributed by atoms with Gasteiger partial charge < -0.3 is 4.98 Å². The van der Waals surface area contributed by atoms with E-state index in [1.807, 2.05) is 6.07 Å². The predicted molar refractivity (Wildman–Crippen MR) is 62.4 cm³/mol. The standard InChI is InChI=1S/C9H7Cl2N3S/c10-7-2-1-6(8(11)14-7)5-15-9-12-3-4-13-9/h1-4H,5H2,(H,12,13). The molecular formula is C9H7Cl2N3S. The van der Waals surface area contributed by atoms with Gasteiger partial charge in [0.05, 0.1) is 0 Å². The first-order valence-corrected chi connectivity index (χ1v) is 5.93. The molecule has 1 N–H and O–H groups in total. The van der Waals surface area contributed by atoms with Crippen LogP contribution in [0, 0.1) is 0 Å². The first-order valence-electron chi connectivity index (χ1n) is 4.19. The zero-order valence-electron chi connectivity index (χ0n) is 7.58. The summed E-state index contributed by atoms with van der Waals surface area (Å²) in [6, 6.07) is 3.60. The van der Waals surface area contributed by atoms with E-state index in [4.69, 9.17) is 23.2 Å². The summed E-state index contributed by atoms with van der Waals surface area (Å²) in [4.78, 5) is 11.1. The maximum absolute atomic E-state index is 5.93. The van der Waals surface area contributed by atoms with Crippen LogP contribution in [0.4, 0.5) is 0 Å². The van der Waals surface area contributed by atoms with Crippen LogP contribution >= 0.6 is 35.0 Å². The van der Waals surface area contributed by atoms with E-state index >= 15 is 0 Å². The van der Waals surface area contributed by atoms with Crippen molar-refractivity contribution in [3.63, 3.8) is 0 Å². The van der Waals surface area contributed by atoms with E-state index in [0.717, 1.165) is 16.5 Å².